The van der Waals surface area contributed by atoms with Crippen molar-refractivity contribution >= 4 is 5.91 Å². The summed E-state index contributed by atoms with van der Waals surface area (Å²) >= 11 is 0. The van der Waals surface area contributed by atoms with Crippen LogP contribution in [0.25, 0.3) is 0 Å². The topological polar surface area (TPSA) is 55.1 Å². The van der Waals surface area contributed by atoms with Crippen LogP contribution in [0.4, 0.5) is 4.39 Å². The molecule has 0 fully saturated rings. The molecule has 1 aromatic carbocycles. The molecule has 0 bridgehead atoms. The minimum Gasteiger partial charge on any atom is -0.356 e. The van der Waals surface area contributed by atoms with Gasteiger partial charge in [-0.05, 0) is 37.1 Å². The maximum Gasteiger partial charge on any atom is 0.220 e. The van der Waals surface area contributed by atoms with E-state index in [4.69, 9.17) is 5.73 Å². The Balaban J connectivity index is 2.22. The Morgan fingerprint density at radius 3 is 2.94 bits per heavy atom. The van der Waals surface area contributed by atoms with E-state index in [0.29, 0.717) is 32.4 Å². The van der Waals surface area contributed by atoms with Crippen molar-refractivity contribution < 1.29 is 9.18 Å². The van der Waals surface area contributed by atoms with Gasteiger partial charge in [0.2, 0.25) is 5.91 Å². The van der Waals surface area contributed by atoms with Crippen LogP contribution in [0.15, 0.2) is 24.3 Å². The molecular formula is C12H17FN2O. The third-order valence-electron chi connectivity index (χ3n) is 2.23. The SMILES string of the molecule is NCCCC(=O)NCCc1cccc(F)c1. The van der Waals surface area contributed by atoms with Crippen molar-refractivity contribution in [2.24, 2.45) is 5.73 Å². The lowest BCUT2D eigenvalue weighted by molar-refractivity contribution is -0.121. The van der Waals surface area contributed by atoms with Gasteiger partial charge in [0.05, 0.1) is 0 Å². The number of nitrogens with one attached hydrogen (secondary N) is 1. The highest BCUT2D eigenvalue weighted by Gasteiger charge is 2.00. The number of carbonyl (C=O) groups is 1. The molecule has 16 heavy (non-hydrogen) atoms. The Kier molecular flexibility index (Phi) is 5.50. The van der Waals surface area contributed by atoms with E-state index in [-0.39, 0.29) is 11.7 Å². The quantitative estimate of drug-likeness (QED) is 0.763. The monoisotopic (exact) mass is 224 g/mol. The highest BCUT2D eigenvalue weighted by atomic mass is 19.1. The fraction of sp³-hybridized carbons (Fsp3) is 0.417. The fourth-order valence-electron chi connectivity index (χ4n) is 1.39. The third kappa shape index (κ3) is 4.89. The molecule has 1 amide bonds. The standard InChI is InChI=1S/C12H17FN2O/c13-11-4-1-3-10(9-11)6-8-15-12(16)5-2-7-14/h1,3-4,9H,2,5-8,14H2,(H,15,16). The molecule has 0 heterocycles. The summed E-state index contributed by atoms with van der Waals surface area (Å²) in [5, 5.41) is 2.77. The van der Waals surface area contributed by atoms with Crippen molar-refractivity contribution in [3.05, 3.63) is 35.6 Å². The van der Waals surface area contributed by atoms with E-state index in [0.717, 1.165) is 5.56 Å². The van der Waals surface area contributed by atoms with Gasteiger partial charge in [-0.3, -0.25) is 4.79 Å². The number of nitrogens with two attached hydrogens (primary N) is 1. The van der Waals surface area contributed by atoms with Crippen molar-refractivity contribution in [2.45, 2.75) is 19.3 Å². The molecule has 0 saturated heterocycles. The first-order chi connectivity index (χ1) is 7.72. The molecule has 88 valence electrons. The summed E-state index contributed by atoms with van der Waals surface area (Å²) in [4.78, 5) is 11.2. The van der Waals surface area contributed by atoms with Crippen LogP contribution in [0.5, 0.6) is 0 Å². The molecule has 0 radical (unpaired) electrons. The van der Waals surface area contributed by atoms with E-state index in [1.54, 1.807) is 6.07 Å². The van der Waals surface area contributed by atoms with Crippen molar-refractivity contribution in [1.82, 2.24) is 5.32 Å². The number of amides is 1. The molecule has 1 rings (SSSR count). The zero-order valence-electron chi connectivity index (χ0n) is 9.21. The molecule has 0 aliphatic rings. The van der Waals surface area contributed by atoms with Crippen LogP contribution in [-0.4, -0.2) is 19.0 Å². The molecule has 0 unspecified atom stereocenters. The Labute approximate surface area is 94.8 Å². The van der Waals surface area contributed by atoms with Crippen molar-refractivity contribution in [2.75, 3.05) is 13.1 Å². The minimum atomic E-state index is -0.244. The summed E-state index contributed by atoms with van der Waals surface area (Å²) in [7, 11) is 0. The van der Waals surface area contributed by atoms with Gasteiger partial charge >= 0.3 is 0 Å². The first kappa shape index (κ1) is 12.6. The molecule has 0 saturated carbocycles. The second kappa shape index (κ2) is 6.95. The minimum absolute atomic E-state index is 0.00172. The van der Waals surface area contributed by atoms with Gasteiger partial charge in [-0.1, -0.05) is 12.1 Å². The third-order valence-corrected chi connectivity index (χ3v) is 2.23. The highest BCUT2D eigenvalue weighted by molar-refractivity contribution is 5.75. The van der Waals surface area contributed by atoms with Crippen LogP contribution >= 0.6 is 0 Å². The van der Waals surface area contributed by atoms with Crippen LogP contribution in [0.2, 0.25) is 0 Å². The zero-order valence-corrected chi connectivity index (χ0v) is 9.21. The van der Waals surface area contributed by atoms with E-state index >= 15 is 0 Å². The average Bonchev–Trinajstić information content (AvgIpc) is 2.26. The van der Waals surface area contributed by atoms with Crippen molar-refractivity contribution in [3.63, 3.8) is 0 Å². The predicted octanol–water partition coefficient (Wildman–Crippen LogP) is 1.22. The van der Waals surface area contributed by atoms with Gasteiger partial charge in [0, 0.05) is 13.0 Å². The van der Waals surface area contributed by atoms with Crippen LogP contribution in [0, 0.1) is 5.82 Å². The first-order valence-corrected chi connectivity index (χ1v) is 5.43. The van der Waals surface area contributed by atoms with Gasteiger partial charge in [0.15, 0.2) is 0 Å². The van der Waals surface area contributed by atoms with Gasteiger partial charge in [0.25, 0.3) is 0 Å². The highest BCUT2D eigenvalue weighted by Crippen LogP contribution is 2.03. The van der Waals surface area contributed by atoms with Gasteiger partial charge in [0.1, 0.15) is 5.82 Å². The fourth-order valence-corrected chi connectivity index (χ4v) is 1.39. The Morgan fingerprint density at radius 1 is 1.44 bits per heavy atom. The van der Waals surface area contributed by atoms with E-state index in [9.17, 15) is 9.18 Å². The Morgan fingerprint density at radius 2 is 2.25 bits per heavy atom. The number of rotatable bonds is 6. The summed E-state index contributed by atoms with van der Waals surface area (Å²) in [5.41, 5.74) is 6.18. The molecule has 0 atom stereocenters. The average molecular weight is 224 g/mol. The van der Waals surface area contributed by atoms with Crippen LogP contribution in [0.3, 0.4) is 0 Å². The normalized spacial score (nSPS) is 10.1. The number of hydrogen-bond donors (Lipinski definition) is 2. The lowest BCUT2D eigenvalue weighted by atomic mass is 10.1. The van der Waals surface area contributed by atoms with Gasteiger partial charge in [-0.15, -0.1) is 0 Å². The second-order valence-electron chi connectivity index (χ2n) is 3.62. The number of carbonyl (C=O) groups excluding carboxylic acids is 1. The summed E-state index contributed by atoms with van der Waals surface area (Å²) in [6.45, 7) is 1.06. The van der Waals surface area contributed by atoms with Crippen molar-refractivity contribution in [1.29, 1.82) is 0 Å². The van der Waals surface area contributed by atoms with Gasteiger partial charge in [-0.25, -0.2) is 4.39 Å². The molecule has 0 aliphatic heterocycles. The maximum absolute atomic E-state index is 12.8. The number of halogens is 1. The number of benzene rings is 1. The van der Waals surface area contributed by atoms with E-state index < -0.39 is 0 Å². The number of hydrogen-bond acceptors (Lipinski definition) is 2. The van der Waals surface area contributed by atoms with Crippen LogP contribution in [0.1, 0.15) is 18.4 Å². The molecule has 3 N–H and O–H groups in total. The van der Waals surface area contributed by atoms with Gasteiger partial charge < -0.3 is 11.1 Å². The zero-order chi connectivity index (χ0) is 11.8. The van der Waals surface area contributed by atoms with Crippen LogP contribution < -0.4 is 11.1 Å². The van der Waals surface area contributed by atoms with E-state index in [2.05, 4.69) is 5.32 Å². The summed E-state index contributed by atoms with van der Waals surface area (Å²) in [6.07, 6.45) is 1.80. The van der Waals surface area contributed by atoms with Crippen LogP contribution in [-0.2, 0) is 11.2 Å². The molecule has 0 spiro atoms. The second-order valence-corrected chi connectivity index (χ2v) is 3.62. The largest absolute Gasteiger partial charge is 0.356 e. The molecule has 0 aromatic heterocycles. The smallest absolute Gasteiger partial charge is 0.220 e. The Hall–Kier alpha value is -1.42. The maximum atomic E-state index is 12.8. The summed E-state index contributed by atoms with van der Waals surface area (Å²) in [5.74, 6) is -0.242. The molecule has 4 heteroatoms. The first-order valence-electron chi connectivity index (χ1n) is 5.43. The lowest BCUT2D eigenvalue weighted by Crippen LogP contribution is -2.25. The summed E-state index contributed by atoms with van der Waals surface area (Å²) < 4.78 is 12.8. The van der Waals surface area contributed by atoms with E-state index in [1.165, 1.54) is 12.1 Å². The Bertz CT molecular complexity index is 342. The molecule has 1 aromatic rings. The van der Waals surface area contributed by atoms with Crippen molar-refractivity contribution in [3.8, 4) is 0 Å². The molecule has 0 aliphatic carbocycles. The lowest BCUT2D eigenvalue weighted by Gasteiger charge is -2.04. The molecule has 3 nitrogen and oxygen atoms in total. The van der Waals surface area contributed by atoms with Gasteiger partial charge in [-0.2, -0.15) is 0 Å². The van der Waals surface area contributed by atoms with E-state index in [1.807, 2.05) is 6.07 Å². The molecular weight excluding hydrogens is 207 g/mol. The summed E-state index contributed by atoms with van der Waals surface area (Å²) in [6, 6.07) is 6.39. The predicted molar refractivity (Wildman–Crippen MR) is 61.4 cm³/mol.